The summed E-state index contributed by atoms with van der Waals surface area (Å²) in [5, 5.41) is 3.47. The lowest BCUT2D eigenvalue weighted by atomic mass is 9.85. The molecule has 0 radical (unpaired) electrons. The molecule has 2 aliphatic rings. The molecule has 1 N–H and O–H groups in total. The number of nitrogens with one attached hydrogen (secondary N) is 1. The van der Waals surface area contributed by atoms with Crippen LogP contribution in [0.3, 0.4) is 0 Å². The van der Waals surface area contributed by atoms with Crippen molar-refractivity contribution in [1.82, 2.24) is 0 Å². The minimum Gasteiger partial charge on any atom is -0.375 e. The molecule has 0 bridgehead atoms. The Bertz CT molecular complexity index is 746. The van der Waals surface area contributed by atoms with E-state index in [1.54, 1.807) is 6.07 Å². The summed E-state index contributed by atoms with van der Waals surface area (Å²) in [7, 11) is 0. The van der Waals surface area contributed by atoms with E-state index >= 15 is 0 Å². The summed E-state index contributed by atoms with van der Waals surface area (Å²) in [5.74, 6) is 0.229. The van der Waals surface area contributed by atoms with Crippen molar-refractivity contribution in [3.8, 4) is 0 Å². The molecule has 4 heteroatoms. The summed E-state index contributed by atoms with van der Waals surface area (Å²) >= 11 is 0. The van der Waals surface area contributed by atoms with E-state index in [4.69, 9.17) is 9.47 Å². The molecule has 0 saturated carbocycles. The second-order valence-corrected chi connectivity index (χ2v) is 6.77. The molecule has 126 valence electrons. The molecule has 2 heterocycles. The van der Waals surface area contributed by atoms with Gasteiger partial charge in [-0.25, -0.2) is 4.39 Å². The zero-order chi connectivity index (χ0) is 16.7. The standard InChI is InChI=1S/C20H22FNO2/c1-12(2)13-7-8-17-15(11-13)19-20(24-10-9-23-19)18(22-17)14-5-3-4-6-16(14)21/h3-8,11-12,18-20,22H,9-10H2,1-2H3/t18-,19+,20-/m1/s1. The molecule has 0 amide bonds. The van der Waals surface area contributed by atoms with Gasteiger partial charge in [0.2, 0.25) is 0 Å². The van der Waals surface area contributed by atoms with Crippen molar-refractivity contribution in [1.29, 1.82) is 0 Å². The van der Waals surface area contributed by atoms with Gasteiger partial charge in [-0.2, -0.15) is 0 Å². The Morgan fingerprint density at radius 1 is 1.04 bits per heavy atom. The molecule has 3 nitrogen and oxygen atoms in total. The fourth-order valence-corrected chi connectivity index (χ4v) is 3.62. The van der Waals surface area contributed by atoms with Gasteiger partial charge in [0.25, 0.3) is 0 Å². The Morgan fingerprint density at radius 3 is 2.62 bits per heavy atom. The van der Waals surface area contributed by atoms with Crippen molar-refractivity contribution in [2.75, 3.05) is 18.5 Å². The first kappa shape index (κ1) is 15.6. The second-order valence-electron chi connectivity index (χ2n) is 6.77. The molecule has 2 aromatic carbocycles. The lowest BCUT2D eigenvalue weighted by Crippen LogP contribution is -2.43. The summed E-state index contributed by atoms with van der Waals surface area (Å²) in [5.41, 5.74) is 4.00. The van der Waals surface area contributed by atoms with E-state index in [1.165, 1.54) is 11.6 Å². The van der Waals surface area contributed by atoms with Crippen LogP contribution in [0.1, 0.15) is 48.6 Å². The van der Waals surface area contributed by atoms with Crippen LogP contribution >= 0.6 is 0 Å². The van der Waals surface area contributed by atoms with Crippen molar-refractivity contribution in [2.24, 2.45) is 0 Å². The Labute approximate surface area is 141 Å². The molecule has 0 aromatic heterocycles. The Hall–Kier alpha value is -1.91. The molecular formula is C20H22FNO2. The van der Waals surface area contributed by atoms with E-state index < -0.39 is 0 Å². The van der Waals surface area contributed by atoms with E-state index in [-0.39, 0.29) is 24.1 Å². The summed E-state index contributed by atoms with van der Waals surface area (Å²) in [6.07, 6.45) is -0.399. The van der Waals surface area contributed by atoms with E-state index in [0.29, 0.717) is 24.7 Å². The topological polar surface area (TPSA) is 30.5 Å². The van der Waals surface area contributed by atoms with Gasteiger partial charge < -0.3 is 14.8 Å². The number of halogens is 1. The van der Waals surface area contributed by atoms with Crippen molar-refractivity contribution in [2.45, 2.75) is 38.0 Å². The van der Waals surface area contributed by atoms with Gasteiger partial charge in [0.05, 0.1) is 19.3 Å². The van der Waals surface area contributed by atoms with Gasteiger partial charge >= 0.3 is 0 Å². The van der Waals surface area contributed by atoms with Gasteiger partial charge in [0.15, 0.2) is 0 Å². The molecule has 2 aromatic rings. The van der Waals surface area contributed by atoms with Gasteiger partial charge in [0.1, 0.15) is 18.0 Å². The Balaban J connectivity index is 1.79. The van der Waals surface area contributed by atoms with Crippen LogP contribution in [-0.4, -0.2) is 19.3 Å². The van der Waals surface area contributed by atoms with E-state index in [1.807, 2.05) is 12.1 Å². The Kier molecular flexibility index (Phi) is 4.02. The summed E-state index contributed by atoms with van der Waals surface area (Å²) in [6.45, 7) is 5.45. The number of fused-ring (bicyclic) bond motifs is 3. The lowest BCUT2D eigenvalue weighted by molar-refractivity contribution is -0.151. The lowest BCUT2D eigenvalue weighted by Gasteiger charge is -2.43. The number of benzene rings is 2. The van der Waals surface area contributed by atoms with Gasteiger partial charge in [-0.3, -0.25) is 0 Å². The summed E-state index contributed by atoms with van der Waals surface area (Å²) < 4.78 is 26.4. The summed E-state index contributed by atoms with van der Waals surface area (Å²) in [4.78, 5) is 0. The molecule has 24 heavy (non-hydrogen) atoms. The molecule has 1 fully saturated rings. The maximum Gasteiger partial charge on any atom is 0.128 e. The van der Waals surface area contributed by atoms with E-state index in [9.17, 15) is 4.39 Å². The predicted octanol–water partition coefficient (Wildman–Crippen LogP) is 4.57. The Morgan fingerprint density at radius 2 is 1.83 bits per heavy atom. The quantitative estimate of drug-likeness (QED) is 0.876. The molecule has 0 unspecified atom stereocenters. The SMILES string of the molecule is CC(C)c1ccc2c(c1)[C@@H]1OCCO[C@@H]1[C@@H](c1ccccc1F)N2. The van der Waals surface area contributed by atoms with E-state index in [0.717, 1.165) is 11.3 Å². The normalized spacial score (nSPS) is 25.8. The first-order valence-electron chi connectivity index (χ1n) is 8.53. The predicted molar refractivity (Wildman–Crippen MR) is 91.7 cm³/mol. The summed E-state index contributed by atoms with van der Waals surface area (Å²) in [6, 6.07) is 13.0. The van der Waals surface area contributed by atoms with Crippen LogP contribution in [0.15, 0.2) is 42.5 Å². The smallest absolute Gasteiger partial charge is 0.128 e. The van der Waals surface area contributed by atoms with Crippen molar-refractivity contribution >= 4 is 5.69 Å². The number of ether oxygens (including phenoxy) is 2. The van der Waals surface area contributed by atoms with Gasteiger partial charge in [-0.1, -0.05) is 44.2 Å². The largest absolute Gasteiger partial charge is 0.375 e. The van der Waals surface area contributed by atoms with Gasteiger partial charge in [-0.05, 0) is 23.6 Å². The highest BCUT2D eigenvalue weighted by atomic mass is 19.1. The maximum absolute atomic E-state index is 14.3. The van der Waals surface area contributed by atoms with Gasteiger partial charge in [-0.15, -0.1) is 0 Å². The third-order valence-corrected chi connectivity index (χ3v) is 4.92. The monoisotopic (exact) mass is 327 g/mol. The van der Waals surface area contributed by atoms with Crippen LogP contribution in [-0.2, 0) is 9.47 Å². The third-order valence-electron chi connectivity index (χ3n) is 4.92. The maximum atomic E-state index is 14.3. The number of anilines is 1. The second kappa shape index (κ2) is 6.19. The average Bonchev–Trinajstić information content (AvgIpc) is 2.61. The van der Waals surface area contributed by atoms with Gasteiger partial charge in [0, 0.05) is 16.8 Å². The molecule has 0 spiro atoms. The zero-order valence-electron chi connectivity index (χ0n) is 14.0. The zero-order valence-corrected chi connectivity index (χ0v) is 14.0. The minimum atomic E-state index is -0.256. The molecule has 2 aliphatic heterocycles. The highest BCUT2D eigenvalue weighted by molar-refractivity contribution is 5.59. The highest BCUT2D eigenvalue weighted by Gasteiger charge is 2.42. The average molecular weight is 327 g/mol. The fourth-order valence-electron chi connectivity index (χ4n) is 3.62. The van der Waals surface area contributed by atoms with Crippen LogP contribution in [0.25, 0.3) is 0 Å². The van der Waals surface area contributed by atoms with Crippen LogP contribution in [0.5, 0.6) is 0 Å². The molecule has 1 saturated heterocycles. The molecular weight excluding hydrogens is 305 g/mol. The third kappa shape index (κ3) is 2.60. The first-order chi connectivity index (χ1) is 11.6. The fraction of sp³-hybridized carbons (Fsp3) is 0.400. The van der Waals surface area contributed by atoms with Crippen molar-refractivity contribution < 1.29 is 13.9 Å². The van der Waals surface area contributed by atoms with Crippen LogP contribution in [0.4, 0.5) is 10.1 Å². The van der Waals surface area contributed by atoms with E-state index in [2.05, 4.69) is 37.4 Å². The van der Waals surface area contributed by atoms with Crippen molar-refractivity contribution in [3.63, 3.8) is 0 Å². The highest BCUT2D eigenvalue weighted by Crippen LogP contribution is 2.45. The molecule has 4 rings (SSSR count). The first-order valence-corrected chi connectivity index (χ1v) is 8.53. The number of hydrogen-bond acceptors (Lipinski definition) is 3. The number of rotatable bonds is 2. The number of hydrogen-bond donors (Lipinski definition) is 1. The minimum absolute atomic E-state index is 0.168. The van der Waals surface area contributed by atoms with Crippen molar-refractivity contribution in [3.05, 3.63) is 65.0 Å². The van der Waals surface area contributed by atoms with Crippen LogP contribution < -0.4 is 5.32 Å². The van der Waals surface area contributed by atoms with Crippen LogP contribution in [0.2, 0.25) is 0 Å². The molecule has 3 atom stereocenters. The molecule has 0 aliphatic carbocycles. The van der Waals surface area contributed by atoms with Crippen LogP contribution in [0, 0.1) is 5.82 Å².